The zero-order chi connectivity index (χ0) is 11.0. The molecule has 4 nitrogen and oxygen atoms in total. The van der Waals surface area contributed by atoms with Crippen molar-refractivity contribution >= 4 is 22.4 Å². The minimum Gasteiger partial charge on any atom is -0.368 e. The molecule has 1 saturated carbocycles. The van der Waals surface area contributed by atoms with Gasteiger partial charge in [0, 0.05) is 17.9 Å². The number of thiazole rings is 1. The van der Waals surface area contributed by atoms with Crippen molar-refractivity contribution in [2.75, 3.05) is 11.9 Å². The summed E-state index contributed by atoms with van der Waals surface area (Å²) in [6.45, 7) is 0.698. The highest BCUT2D eigenvalue weighted by atomic mass is 32.1. The Morgan fingerprint density at radius 1 is 1.50 bits per heavy atom. The summed E-state index contributed by atoms with van der Waals surface area (Å²) in [5, 5.41) is 5.59. The van der Waals surface area contributed by atoms with Crippen LogP contribution in [-0.2, 0) is 9.53 Å². The van der Waals surface area contributed by atoms with Crippen LogP contribution in [0.15, 0.2) is 5.38 Å². The maximum absolute atomic E-state index is 11.7. The number of nitrogens with one attached hydrogen (secondary N) is 1. The zero-order valence-electron chi connectivity index (χ0n) is 8.94. The number of anilines is 1. The van der Waals surface area contributed by atoms with E-state index in [0.717, 1.165) is 18.5 Å². The Labute approximate surface area is 98.0 Å². The molecule has 1 atom stereocenters. The van der Waals surface area contributed by atoms with Gasteiger partial charge in [0.2, 0.25) is 0 Å². The molecule has 0 bridgehead atoms. The molecule has 2 heterocycles. The van der Waals surface area contributed by atoms with Crippen molar-refractivity contribution in [3.8, 4) is 0 Å². The van der Waals surface area contributed by atoms with Crippen molar-refractivity contribution in [1.82, 2.24) is 4.98 Å². The Balaban J connectivity index is 1.61. The zero-order valence-corrected chi connectivity index (χ0v) is 9.76. The molecule has 1 aliphatic carbocycles. The van der Waals surface area contributed by atoms with E-state index in [1.807, 2.05) is 5.38 Å². The standard InChI is InChI=1S/C11H14N2O2S/c14-10(9-2-1-5-15-9)13-11-12-8(6-16-11)7-3-4-7/h6-7,9H,1-5H2,(H,12,13,14)/t9-/m1/s1. The summed E-state index contributed by atoms with van der Waals surface area (Å²) in [7, 11) is 0. The average molecular weight is 238 g/mol. The molecule has 0 aromatic carbocycles. The van der Waals surface area contributed by atoms with Crippen LogP contribution in [0, 0.1) is 0 Å². The van der Waals surface area contributed by atoms with Gasteiger partial charge in [-0.25, -0.2) is 4.98 Å². The van der Waals surface area contributed by atoms with Gasteiger partial charge in [0.25, 0.3) is 5.91 Å². The predicted molar refractivity (Wildman–Crippen MR) is 61.7 cm³/mol. The smallest absolute Gasteiger partial charge is 0.255 e. The number of nitrogens with zero attached hydrogens (tertiary/aromatic N) is 1. The number of hydrogen-bond acceptors (Lipinski definition) is 4. The number of aromatic nitrogens is 1. The first-order valence-corrected chi connectivity index (χ1v) is 6.59. The second-order valence-corrected chi connectivity index (χ2v) is 5.20. The van der Waals surface area contributed by atoms with Crippen molar-refractivity contribution in [1.29, 1.82) is 0 Å². The summed E-state index contributed by atoms with van der Waals surface area (Å²) >= 11 is 1.51. The van der Waals surface area contributed by atoms with Gasteiger partial charge in [-0.2, -0.15) is 0 Å². The molecule has 0 spiro atoms. The number of amides is 1. The molecular formula is C11H14N2O2S. The minimum atomic E-state index is -0.270. The summed E-state index contributed by atoms with van der Waals surface area (Å²) in [6, 6.07) is 0. The van der Waals surface area contributed by atoms with Gasteiger partial charge < -0.3 is 4.74 Å². The number of carbonyl (C=O) groups excluding carboxylic acids is 1. The van der Waals surface area contributed by atoms with Crippen molar-refractivity contribution in [2.45, 2.75) is 37.7 Å². The molecule has 16 heavy (non-hydrogen) atoms. The van der Waals surface area contributed by atoms with Crippen LogP contribution >= 0.6 is 11.3 Å². The highest BCUT2D eigenvalue weighted by molar-refractivity contribution is 7.13. The lowest BCUT2D eigenvalue weighted by molar-refractivity contribution is -0.124. The van der Waals surface area contributed by atoms with E-state index in [-0.39, 0.29) is 12.0 Å². The van der Waals surface area contributed by atoms with Crippen LogP contribution in [0.5, 0.6) is 0 Å². The predicted octanol–water partition coefficient (Wildman–Crippen LogP) is 2.14. The fraction of sp³-hybridized carbons (Fsp3) is 0.636. The third-order valence-electron chi connectivity index (χ3n) is 2.97. The van der Waals surface area contributed by atoms with E-state index in [2.05, 4.69) is 10.3 Å². The van der Waals surface area contributed by atoms with E-state index in [9.17, 15) is 4.79 Å². The second kappa shape index (κ2) is 4.14. The average Bonchev–Trinajstić information content (AvgIpc) is 2.82. The third kappa shape index (κ3) is 2.10. The lowest BCUT2D eigenvalue weighted by Crippen LogP contribution is -2.26. The first-order valence-electron chi connectivity index (χ1n) is 5.71. The van der Waals surface area contributed by atoms with Gasteiger partial charge in [0.15, 0.2) is 5.13 Å². The molecule has 1 amide bonds. The van der Waals surface area contributed by atoms with Crippen LogP contribution in [0.3, 0.4) is 0 Å². The molecule has 2 aliphatic rings. The Morgan fingerprint density at radius 2 is 2.38 bits per heavy atom. The van der Waals surface area contributed by atoms with Crippen LogP contribution in [-0.4, -0.2) is 23.6 Å². The largest absolute Gasteiger partial charge is 0.368 e. The van der Waals surface area contributed by atoms with E-state index < -0.39 is 0 Å². The van der Waals surface area contributed by atoms with E-state index in [1.54, 1.807) is 0 Å². The fourth-order valence-electron chi connectivity index (χ4n) is 1.88. The molecule has 5 heteroatoms. The van der Waals surface area contributed by atoms with Gasteiger partial charge in [-0.15, -0.1) is 11.3 Å². The van der Waals surface area contributed by atoms with Crippen LogP contribution in [0.4, 0.5) is 5.13 Å². The van der Waals surface area contributed by atoms with Gasteiger partial charge in [0.1, 0.15) is 6.10 Å². The lowest BCUT2D eigenvalue weighted by Gasteiger charge is -2.07. The van der Waals surface area contributed by atoms with Crippen LogP contribution in [0.2, 0.25) is 0 Å². The molecule has 1 aromatic rings. The van der Waals surface area contributed by atoms with E-state index in [1.165, 1.54) is 24.2 Å². The summed E-state index contributed by atoms with van der Waals surface area (Å²) < 4.78 is 5.32. The molecule has 0 radical (unpaired) electrons. The Kier molecular flexibility index (Phi) is 2.65. The first-order chi connectivity index (χ1) is 7.83. The van der Waals surface area contributed by atoms with E-state index in [4.69, 9.17) is 4.74 Å². The number of ether oxygens (including phenoxy) is 1. The summed E-state index contributed by atoms with van der Waals surface area (Å²) in [4.78, 5) is 16.2. The number of rotatable bonds is 3. The maximum atomic E-state index is 11.7. The Bertz CT molecular complexity index is 394. The highest BCUT2D eigenvalue weighted by Gasteiger charge is 2.27. The molecule has 1 aromatic heterocycles. The van der Waals surface area contributed by atoms with Crippen molar-refractivity contribution in [2.24, 2.45) is 0 Å². The van der Waals surface area contributed by atoms with Gasteiger partial charge in [0.05, 0.1) is 5.69 Å². The van der Waals surface area contributed by atoms with Crippen molar-refractivity contribution in [3.05, 3.63) is 11.1 Å². The molecule has 1 saturated heterocycles. The lowest BCUT2D eigenvalue weighted by atomic mass is 10.2. The van der Waals surface area contributed by atoms with Crippen LogP contribution in [0.1, 0.15) is 37.3 Å². The van der Waals surface area contributed by atoms with E-state index in [0.29, 0.717) is 17.7 Å². The summed E-state index contributed by atoms with van der Waals surface area (Å²) in [5.74, 6) is 0.596. The molecule has 0 unspecified atom stereocenters. The third-order valence-corrected chi connectivity index (χ3v) is 3.75. The van der Waals surface area contributed by atoms with Gasteiger partial charge in [-0.1, -0.05) is 0 Å². The Morgan fingerprint density at radius 3 is 3.06 bits per heavy atom. The summed E-state index contributed by atoms with van der Waals surface area (Å²) in [6.07, 6.45) is 4.01. The molecule has 86 valence electrons. The topological polar surface area (TPSA) is 51.2 Å². The summed E-state index contributed by atoms with van der Waals surface area (Å²) in [5.41, 5.74) is 1.13. The van der Waals surface area contributed by atoms with E-state index >= 15 is 0 Å². The normalized spacial score (nSPS) is 24.6. The quantitative estimate of drug-likeness (QED) is 0.877. The molecule has 1 aliphatic heterocycles. The van der Waals surface area contributed by atoms with Crippen LogP contribution < -0.4 is 5.32 Å². The number of carbonyl (C=O) groups is 1. The van der Waals surface area contributed by atoms with Gasteiger partial charge in [-0.05, 0) is 25.7 Å². The monoisotopic (exact) mass is 238 g/mol. The highest BCUT2D eigenvalue weighted by Crippen LogP contribution is 2.40. The van der Waals surface area contributed by atoms with Gasteiger partial charge >= 0.3 is 0 Å². The second-order valence-electron chi connectivity index (χ2n) is 4.34. The Hall–Kier alpha value is -0.940. The fourth-order valence-corrected chi connectivity index (χ4v) is 2.68. The first kappa shape index (κ1) is 10.2. The van der Waals surface area contributed by atoms with Crippen molar-refractivity contribution < 1.29 is 9.53 Å². The molecule has 3 rings (SSSR count). The maximum Gasteiger partial charge on any atom is 0.255 e. The van der Waals surface area contributed by atoms with Crippen molar-refractivity contribution in [3.63, 3.8) is 0 Å². The molecular weight excluding hydrogens is 224 g/mol. The SMILES string of the molecule is O=C(Nc1nc(C2CC2)cs1)[C@H]1CCCO1. The number of hydrogen-bond donors (Lipinski definition) is 1. The van der Waals surface area contributed by atoms with Crippen LogP contribution in [0.25, 0.3) is 0 Å². The van der Waals surface area contributed by atoms with Gasteiger partial charge in [-0.3, -0.25) is 10.1 Å². The molecule has 2 fully saturated rings. The minimum absolute atomic E-state index is 0.0470. The molecule has 1 N–H and O–H groups in total.